The highest BCUT2D eigenvalue weighted by atomic mass is 15.1. The van der Waals surface area contributed by atoms with E-state index in [4.69, 9.17) is 6.57 Å². The van der Waals surface area contributed by atoms with Gasteiger partial charge in [-0.05, 0) is 20.9 Å². The van der Waals surface area contributed by atoms with Crippen LogP contribution in [0.5, 0.6) is 0 Å². The fourth-order valence-corrected chi connectivity index (χ4v) is 0.782. The molecule has 0 spiro atoms. The van der Waals surface area contributed by atoms with E-state index in [-0.39, 0.29) is 0 Å². The number of nitrogens with zero attached hydrogens (tertiary/aromatic N) is 2. The standard InChI is InChI=1S/C9H20N3/c1-9(2)12(4)8-7-11-6-5-10-3/h3,9,11H,5-8H2,1-2,4H3/q+1. The van der Waals surface area contributed by atoms with Gasteiger partial charge in [0.05, 0.1) is 6.54 Å². The van der Waals surface area contributed by atoms with Gasteiger partial charge in [-0.15, -0.1) is 0 Å². The second-order valence-corrected chi connectivity index (χ2v) is 3.23. The number of likely N-dealkylation sites (N-methyl/N-ethyl adjacent to an activating group) is 1. The maximum absolute atomic E-state index is 4.99. The van der Waals surface area contributed by atoms with Crippen LogP contribution in [0.4, 0.5) is 0 Å². The van der Waals surface area contributed by atoms with Crippen molar-refractivity contribution in [2.24, 2.45) is 0 Å². The van der Waals surface area contributed by atoms with Crippen molar-refractivity contribution in [1.82, 2.24) is 10.2 Å². The molecule has 3 nitrogen and oxygen atoms in total. The molecule has 0 aromatic heterocycles. The molecule has 0 aliphatic rings. The van der Waals surface area contributed by atoms with Crippen LogP contribution in [0.25, 0.3) is 4.85 Å². The summed E-state index contributed by atoms with van der Waals surface area (Å²) in [5.74, 6) is 0. The predicted molar refractivity (Wildman–Crippen MR) is 53.8 cm³/mol. The molecule has 0 aliphatic carbocycles. The Balaban J connectivity index is 3.15. The molecule has 0 fully saturated rings. The van der Waals surface area contributed by atoms with E-state index in [1.807, 2.05) is 0 Å². The Morgan fingerprint density at radius 3 is 2.58 bits per heavy atom. The number of hydrogen-bond acceptors (Lipinski definition) is 2. The van der Waals surface area contributed by atoms with Crippen molar-refractivity contribution < 1.29 is 0 Å². The number of nitrogens with one attached hydrogen (secondary N) is 1. The zero-order valence-electron chi connectivity index (χ0n) is 8.38. The molecule has 0 atom stereocenters. The molecule has 0 amide bonds. The minimum atomic E-state index is 0.617. The van der Waals surface area contributed by atoms with Crippen molar-refractivity contribution in [3.63, 3.8) is 0 Å². The molecule has 0 rings (SSSR count). The lowest BCUT2D eigenvalue weighted by Crippen LogP contribution is -2.34. The van der Waals surface area contributed by atoms with Gasteiger partial charge in [0.15, 0.2) is 0 Å². The molecule has 0 aliphatic heterocycles. The Bertz CT molecular complexity index is 137. The van der Waals surface area contributed by atoms with Crippen molar-refractivity contribution in [3.8, 4) is 6.57 Å². The summed E-state index contributed by atoms with van der Waals surface area (Å²) < 4.78 is 0. The van der Waals surface area contributed by atoms with E-state index < -0.39 is 0 Å². The maximum Gasteiger partial charge on any atom is 0.275 e. The van der Waals surface area contributed by atoms with Crippen LogP contribution in [-0.4, -0.2) is 44.2 Å². The monoisotopic (exact) mass is 170 g/mol. The molecular formula is C9H20N3+. The fourth-order valence-electron chi connectivity index (χ4n) is 0.782. The first kappa shape index (κ1) is 11.4. The summed E-state index contributed by atoms with van der Waals surface area (Å²) >= 11 is 0. The SMILES string of the molecule is C#[N+]CCNCCN(C)C(C)C. The van der Waals surface area contributed by atoms with Crippen LogP contribution < -0.4 is 5.32 Å². The highest BCUT2D eigenvalue weighted by Gasteiger charge is 2.01. The van der Waals surface area contributed by atoms with Crippen molar-refractivity contribution in [2.45, 2.75) is 19.9 Å². The van der Waals surface area contributed by atoms with Gasteiger partial charge >= 0.3 is 0 Å². The molecule has 0 saturated heterocycles. The lowest BCUT2D eigenvalue weighted by atomic mass is 10.3. The van der Waals surface area contributed by atoms with Crippen molar-refractivity contribution in [1.29, 1.82) is 0 Å². The number of rotatable bonds is 6. The third-order valence-electron chi connectivity index (χ3n) is 1.94. The lowest BCUT2D eigenvalue weighted by Gasteiger charge is -2.20. The zero-order valence-corrected chi connectivity index (χ0v) is 8.38. The van der Waals surface area contributed by atoms with Crippen LogP contribution in [0, 0.1) is 6.57 Å². The summed E-state index contributed by atoms with van der Waals surface area (Å²) in [6, 6.07) is 0.617. The van der Waals surface area contributed by atoms with E-state index in [1.54, 1.807) is 0 Å². The van der Waals surface area contributed by atoms with Crippen LogP contribution in [0.2, 0.25) is 0 Å². The Hall–Kier alpha value is -0.590. The Morgan fingerprint density at radius 2 is 2.08 bits per heavy atom. The first-order valence-corrected chi connectivity index (χ1v) is 4.46. The molecule has 0 aromatic rings. The van der Waals surface area contributed by atoms with Crippen LogP contribution in [0.3, 0.4) is 0 Å². The molecule has 1 N–H and O–H groups in total. The molecule has 0 bridgehead atoms. The van der Waals surface area contributed by atoms with Gasteiger partial charge in [0, 0.05) is 19.1 Å². The van der Waals surface area contributed by atoms with Gasteiger partial charge in [0.25, 0.3) is 13.1 Å². The third-order valence-corrected chi connectivity index (χ3v) is 1.94. The minimum absolute atomic E-state index is 0.617. The highest BCUT2D eigenvalue weighted by molar-refractivity contribution is 4.68. The third kappa shape index (κ3) is 6.14. The van der Waals surface area contributed by atoms with Crippen LogP contribution in [-0.2, 0) is 0 Å². The van der Waals surface area contributed by atoms with Crippen LogP contribution >= 0.6 is 0 Å². The van der Waals surface area contributed by atoms with Crippen molar-refractivity contribution in [3.05, 3.63) is 4.85 Å². The van der Waals surface area contributed by atoms with Gasteiger partial charge in [-0.1, -0.05) is 4.85 Å². The Kier molecular flexibility index (Phi) is 6.73. The van der Waals surface area contributed by atoms with Gasteiger partial charge in [0.2, 0.25) is 0 Å². The molecule has 0 heterocycles. The average molecular weight is 170 g/mol. The van der Waals surface area contributed by atoms with E-state index in [1.165, 1.54) is 0 Å². The molecule has 12 heavy (non-hydrogen) atoms. The lowest BCUT2D eigenvalue weighted by molar-refractivity contribution is 0.274. The zero-order chi connectivity index (χ0) is 9.40. The van der Waals surface area contributed by atoms with E-state index >= 15 is 0 Å². The van der Waals surface area contributed by atoms with Crippen LogP contribution in [0.15, 0.2) is 0 Å². The number of hydrogen-bond donors (Lipinski definition) is 1. The van der Waals surface area contributed by atoms with Gasteiger partial charge in [-0.3, -0.25) is 0 Å². The second kappa shape index (κ2) is 7.08. The van der Waals surface area contributed by atoms with Crippen LogP contribution in [0.1, 0.15) is 13.8 Å². The fraction of sp³-hybridized carbons (Fsp3) is 0.889. The average Bonchev–Trinajstić information content (AvgIpc) is 2.03. The molecular weight excluding hydrogens is 150 g/mol. The predicted octanol–water partition coefficient (Wildman–Crippen LogP) is 0.879. The second-order valence-electron chi connectivity index (χ2n) is 3.23. The minimum Gasteiger partial charge on any atom is -0.309 e. The summed E-state index contributed by atoms with van der Waals surface area (Å²) in [5, 5.41) is 3.26. The molecule has 0 radical (unpaired) electrons. The van der Waals surface area contributed by atoms with E-state index in [2.05, 4.69) is 36.0 Å². The smallest absolute Gasteiger partial charge is 0.275 e. The van der Waals surface area contributed by atoms with Crippen molar-refractivity contribution in [2.75, 3.05) is 33.2 Å². The summed E-state index contributed by atoms with van der Waals surface area (Å²) in [5.41, 5.74) is 0. The first-order chi connectivity index (χ1) is 5.68. The Morgan fingerprint density at radius 1 is 1.42 bits per heavy atom. The molecule has 3 heteroatoms. The van der Waals surface area contributed by atoms with Gasteiger partial charge in [0.1, 0.15) is 0 Å². The van der Waals surface area contributed by atoms with E-state index in [0.717, 1.165) is 19.6 Å². The van der Waals surface area contributed by atoms with Gasteiger partial charge in [-0.25, -0.2) is 0 Å². The normalized spacial score (nSPS) is 10.7. The summed E-state index contributed by atoms with van der Waals surface area (Å²) in [6.45, 7) is 13.0. The van der Waals surface area contributed by atoms with Gasteiger partial charge in [-0.2, -0.15) is 0 Å². The first-order valence-electron chi connectivity index (χ1n) is 4.46. The topological polar surface area (TPSA) is 19.6 Å². The summed E-state index contributed by atoms with van der Waals surface area (Å²) in [6.07, 6.45) is 0. The van der Waals surface area contributed by atoms with Gasteiger partial charge < -0.3 is 10.2 Å². The molecule has 0 saturated carbocycles. The quantitative estimate of drug-likeness (QED) is 0.597. The maximum atomic E-state index is 4.99. The molecule has 0 unspecified atom stereocenters. The Labute approximate surface area is 75.6 Å². The largest absolute Gasteiger partial charge is 0.309 e. The highest BCUT2D eigenvalue weighted by Crippen LogP contribution is 1.90. The molecule has 70 valence electrons. The summed E-state index contributed by atoms with van der Waals surface area (Å²) in [4.78, 5) is 5.81. The summed E-state index contributed by atoms with van der Waals surface area (Å²) in [7, 11) is 2.12. The van der Waals surface area contributed by atoms with Crippen molar-refractivity contribution >= 4 is 0 Å². The molecule has 0 aromatic carbocycles. The van der Waals surface area contributed by atoms with E-state index in [0.29, 0.717) is 12.6 Å². The van der Waals surface area contributed by atoms with E-state index in [9.17, 15) is 0 Å².